The van der Waals surface area contributed by atoms with Crippen molar-refractivity contribution in [1.29, 1.82) is 0 Å². The molecule has 34 heavy (non-hydrogen) atoms. The predicted octanol–water partition coefficient (Wildman–Crippen LogP) is 3.52. The van der Waals surface area contributed by atoms with Crippen LogP contribution in [0.2, 0.25) is 0 Å². The summed E-state index contributed by atoms with van der Waals surface area (Å²) in [5.41, 5.74) is 3.78. The Morgan fingerprint density at radius 2 is 1.85 bits per heavy atom. The fraction of sp³-hybridized carbons (Fsp3) is 0.444. The SMILES string of the molecule is CCOC(=O)C1CCCN(C(=O)Cc2ccc(N(Cc3cccc(C)c3)C(=O)COC)cc2)C1. The minimum Gasteiger partial charge on any atom is -0.466 e. The van der Waals surface area contributed by atoms with Gasteiger partial charge in [-0.2, -0.15) is 0 Å². The summed E-state index contributed by atoms with van der Waals surface area (Å²) in [6.07, 6.45) is 1.80. The van der Waals surface area contributed by atoms with Crippen LogP contribution in [0, 0.1) is 12.8 Å². The molecule has 0 spiro atoms. The van der Waals surface area contributed by atoms with Crippen LogP contribution in [-0.4, -0.2) is 56.1 Å². The van der Waals surface area contributed by atoms with Crippen molar-refractivity contribution < 1.29 is 23.9 Å². The maximum atomic E-state index is 12.9. The van der Waals surface area contributed by atoms with Gasteiger partial charge in [0, 0.05) is 25.9 Å². The lowest BCUT2D eigenvalue weighted by molar-refractivity contribution is -0.151. The highest BCUT2D eigenvalue weighted by Gasteiger charge is 2.29. The topological polar surface area (TPSA) is 76.2 Å². The number of anilines is 1. The average Bonchev–Trinajstić information content (AvgIpc) is 2.83. The van der Waals surface area contributed by atoms with Gasteiger partial charge >= 0.3 is 5.97 Å². The van der Waals surface area contributed by atoms with E-state index < -0.39 is 0 Å². The van der Waals surface area contributed by atoms with E-state index >= 15 is 0 Å². The smallest absolute Gasteiger partial charge is 0.310 e. The molecule has 182 valence electrons. The van der Waals surface area contributed by atoms with Crippen molar-refractivity contribution in [1.82, 2.24) is 4.90 Å². The van der Waals surface area contributed by atoms with Gasteiger partial charge < -0.3 is 19.3 Å². The van der Waals surface area contributed by atoms with Crippen LogP contribution in [0.1, 0.15) is 36.5 Å². The van der Waals surface area contributed by atoms with Crippen molar-refractivity contribution in [2.45, 2.75) is 39.7 Å². The molecule has 7 heteroatoms. The number of carbonyl (C=O) groups excluding carboxylic acids is 3. The standard InChI is InChI=1S/C27H34N2O5/c1-4-34-27(32)23-9-6-14-28(18-23)25(30)16-21-10-12-24(13-11-21)29(26(31)19-33-3)17-22-8-5-7-20(2)15-22/h5,7-8,10-13,15,23H,4,6,9,14,16-19H2,1-3H3. The van der Waals surface area contributed by atoms with Crippen molar-refractivity contribution in [2.75, 3.05) is 38.3 Å². The highest BCUT2D eigenvalue weighted by atomic mass is 16.5. The number of benzene rings is 2. The van der Waals surface area contributed by atoms with Gasteiger partial charge in [-0.05, 0) is 49.9 Å². The molecule has 1 aliphatic rings. The highest BCUT2D eigenvalue weighted by Crippen LogP contribution is 2.22. The number of amides is 2. The third-order valence-corrected chi connectivity index (χ3v) is 5.99. The first-order valence-electron chi connectivity index (χ1n) is 11.8. The van der Waals surface area contributed by atoms with Crippen LogP contribution in [0.4, 0.5) is 5.69 Å². The lowest BCUT2D eigenvalue weighted by Gasteiger charge is -2.31. The fourth-order valence-electron chi connectivity index (χ4n) is 4.25. The van der Waals surface area contributed by atoms with E-state index in [0.717, 1.165) is 35.2 Å². The molecule has 1 aliphatic heterocycles. The molecule has 1 atom stereocenters. The number of hydrogen-bond donors (Lipinski definition) is 0. The summed E-state index contributed by atoms with van der Waals surface area (Å²) < 4.78 is 10.2. The first kappa shape index (κ1) is 25.4. The highest BCUT2D eigenvalue weighted by molar-refractivity contribution is 5.94. The van der Waals surface area contributed by atoms with Crippen LogP contribution in [-0.2, 0) is 36.8 Å². The molecule has 7 nitrogen and oxygen atoms in total. The molecule has 1 fully saturated rings. The zero-order valence-electron chi connectivity index (χ0n) is 20.3. The van der Waals surface area contributed by atoms with Gasteiger partial charge in [-0.1, -0.05) is 42.0 Å². The maximum Gasteiger partial charge on any atom is 0.310 e. The molecule has 2 amide bonds. The number of hydrogen-bond acceptors (Lipinski definition) is 5. The number of aryl methyl sites for hydroxylation is 1. The molecule has 0 N–H and O–H groups in total. The zero-order chi connectivity index (χ0) is 24.5. The van der Waals surface area contributed by atoms with E-state index in [1.165, 1.54) is 7.11 Å². The first-order valence-corrected chi connectivity index (χ1v) is 11.8. The van der Waals surface area contributed by atoms with Crippen molar-refractivity contribution in [3.8, 4) is 0 Å². The number of ether oxygens (including phenoxy) is 2. The van der Waals surface area contributed by atoms with Gasteiger partial charge in [0.05, 0.1) is 25.5 Å². The van der Waals surface area contributed by atoms with Gasteiger partial charge in [0.15, 0.2) is 0 Å². The fourth-order valence-corrected chi connectivity index (χ4v) is 4.25. The van der Waals surface area contributed by atoms with E-state index in [4.69, 9.17) is 9.47 Å². The van der Waals surface area contributed by atoms with Gasteiger partial charge in [-0.25, -0.2) is 0 Å². The Bertz CT molecular complexity index is 989. The Labute approximate surface area is 201 Å². The number of rotatable bonds is 9. The number of methoxy groups -OCH3 is 1. The van der Waals surface area contributed by atoms with Crippen LogP contribution in [0.5, 0.6) is 0 Å². The van der Waals surface area contributed by atoms with Crippen molar-refractivity contribution in [3.63, 3.8) is 0 Å². The number of likely N-dealkylation sites (tertiary alicyclic amines) is 1. The van der Waals surface area contributed by atoms with Crippen LogP contribution >= 0.6 is 0 Å². The third-order valence-electron chi connectivity index (χ3n) is 5.99. The number of carbonyl (C=O) groups is 3. The molecule has 2 aromatic rings. The summed E-state index contributed by atoms with van der Waals surface area (Å²) in [6.45, 7) is 5.65. The Morgan fingerprint density at radius 1 is 1.09 bits per heavy atom. The quantitative estimate of drug-likeness (QED) is 0.529. The molecular weight excluding hydrogens is 432 g/mol. The van der Waals surface area contributed by atoms with Crippen LogP contribution < -0.4 is 4.90 Å². The minimum absolute atomic E-state index is 0.00572. The molecule has 1 heterocycles. The summed E-state index contributed by atoms with van der Waals surface area (Å²) in [4.78, 5) is 41.1. The van der Waals surface area contributed by atoms with E-state index in [9.17, 15) is 14.4 Å². The minimum atomic E-state index is -0.248. The lowest BCUT2D eigenvalue weighted by Crippen LogP contribution is -2.43. The molecular formula is C27H34N2O5. The molecule has 0 saturated carbocycles. The summed E-state index contributed by atoms with van der Waals surface area (Å²) in [6, 6.07) is 15.5. The van der Waals surface area contributed by atoms with E-state index in [-0.39, 0.29) is 36.7 Å². The lowest BCUT2D eigenvalue weighted by atomic mass is 9.97. The molecule has 0 bridgehead atoms. The average molecular weight is 467 g/mol. The van der Waals surface area contributed by atoms with Crippen molar-refractivity contribution >= 4 is 23.5 Å². The maximum absolute atomic E-state index is 12.9. The van der Waals surface area contributed by atoms with E-state index in [1.807, 2.05) is 49.4 Å². The van der Waals surface area contributed by atoms with E-state index in [1.54, 1.807) is 16.7 Å². The molecule has 0 aliphatic carbocycles. The van der Waals surface area contributed by atoms with Crippen LogP contribution in [0.3, 0.4) is 0 Å². The van der Waals surface area contributed by atoms with E-state index in [0.29, 0.717) is 26.2 Å². The first-order chi connectivity index (χ1) is 16.4. The number of piperidine rings is 1. The normalized spacial score (nSPS) is 15.6. The van der Waals surface area contributed by atoms with Crippen molar-refractivity contribution in [2.24, 2.45) is 5.92 Å². The van der Waals surface area contributed by atoms with Gasteiger partial charge in [0.2, 0.25) is 5.91 Å². The molecule has 0 aromatic heterocycles. The summed E-state index contributed by atoms with van der Waals surface area (Å²) in [5, 5.41) is 0. The van der Waals surface area contributed by atoms with Gasteiger partial charge in [0.25, 0.3) is 5.91 Å². The monoisotopic (exact) mass is 466 g/mol. The zero-order valence-corrected chi connectivity index (χ0v) is 20.3. The molecule has 1 unspecified atom stereocenters. The molecule has 1 saturated heterocycles. The number of esters is 1. The summed E-state index contributed by atoms with van der Waals surface area (Å²) in [7, 11) is 1.50. The van der Waals surface area contributed by atoms with Gasteiger partial charge in [0.1, 0.15) is 6.61 Å². The van der Waals surface area contributed by atoms with Crippen LogP contribution in [0.15, 0.2) is 48.5 Å². The number of nitrogens with zero attached hydrogens (tertiary/aromatic N) is 2. The second-order valence-electron chi connectivity index (χ2n) is 8.68. The molecule has 3 rings (SSSR count). The largest absolute Gasteiger partial charge is 0.466 e. The Morgan fingerprint density at radius 3 is 2.53 bits per heavy atom. The third kappa shape index (κ3) is 6.90. The predicted molar refractivity (Wildman–Crippen MR) is 130 cm³/mol. The second-order valence-corrected chi connectivity index (χ2v) is 8.68. The molecule has 2 aromatic carbocycles. The van der Waals surface area contributed by atoms with E-state index in [2.05, 4.69) is 6.07 Å². The van der Waals surface area contributed by atoms with Gasteiger partial charge in [-0.15, -0.1) is 0 Å². The second kappa shape index (κ2) is 12.3. The Kier molecular flexibility index (Phi) is 9.22. The van der Waals surface area contributed by atoms with Crippen molar-refractivity contribution in [3.05, 3.63) is 65.2 Å². The summed E-state index contributed by atoms with van der Waals surface area (Å²) >= 11 is 0. The molecule has 0 radical (unpaired) electrons. The Balaban J connectivity index is 1.67. The van der Waals surface area contributed by atoms with Crippen LogP contribution in [0.25, 0.3) is 0 Å². The van der Waals surface area contributed by atoms with Gasteiger partial charge in [-0.3, -0.25) is 14.4 Å². The summed E-state index contributed by atoms with van der Waals surface area (Å²) in [5.74, 6) is -0.610. The Hall–Kier alpha value is -3.19.